The number of primary amides is 1. The molecular formula is C20H31N5O3. The van der Waals surface area contributed by atoms with E-state index < -0.39 is 12.0 Å². The Morgan fingerprint density at radius 1 is 1.29 bits per heavy atom. The largest absolute Gasteiger partial charge is 0.444 e. The van der Waals surface area contributed by atoms with Crippen LogP contribution in [0.25, 0.3) is 0 Å². The van der Waals surface area contributed by atoms with Crippen LogP contribution in [0.5, 0.6) is 0 Å². The molecule has 0 atom stereocenters. The molecule has 2 amide bonds. The first kappa shape index (κ1) is 21.7. The van der Waals surface area contributed by atoms with Gasteiger partial charge >= 0.3 is 6.09 Å². The second-order valence-electron chi connectivity index (χ2n) is 7.67. The van der Waals surface area contributed by atoms with Crippen molar-refractivity contribution in [2.24, 2.45) is 22.4 Å². The number of anilines is 1. The van der Waals surface area contributed by atoms with Crippen LogP contribution in [0, 0.1) is 5.92 Å². The maximum absolute atomic E-state index is 12.1. The highest BCUT2D eigenvalue weighted by atomic mass is 16.6. The van der Waals surface area contributed by atoms with Crippen molar-refractivity contribution in [3.8, 4) is 0 Å². The molecule has 0 spiro atoms. The molecule has 8 heteroatoms. The molecule has 1 aromatic carbocycles. The van der Waals surface area contributed by atoms with E-state index in [2.05, 4.69) is 23.7 Å². The number of hydrogen-bond acceptors (Lipinski definition) is 5. The topological polar surface area (TPSA) is 114 Å². The van der Waals surface area contributed by atoms with E-state index in [1.165, 1.54) is 0 Å². The Labute approximate surface area is 166 Å². The quantitative estimate of drug-likeness (QED) is 0.540. The number of amides is 2. The Balaban J connectivity index is 2.08. The van der Waals surface area contributed by atoms with E-state index in [1.807, 2.05) is 24.1 Å². The van der Waals surface area contributed by atoms with E-state index in [1.54, 1.807) is 12.1 Å². The molecule has 1 saturated heterocycles. The summed E-state index contributed by atoms with van der Waals surface area (Å²) >= 11 is 0. The molecule has 1 heterocycles. The number of rotatable bonds is 7. The standard InChI is InChI=1S/C20H31N5O3/c1-14(2)12-25(13-18(21)26)16-6-4-5-15(11-16)19(22)23-20(27)28-17-7-9-24(3)10-8-17/h4-6,11,14,17H,7-10,12-13H2,1-3H3,(H2,21,26)(H2,22,23,27). The van der Waals surface area contributed by atoms with Crippen molar-refractivity contribution in [2.45, 2.75) is 32.8 Å². The number of carbonyl (C=O) groups is 2. The zero-order valence-corrected chi connectivity index (χ0v) is 16.9. The van der Waals surface area contributed by atoms with Crippen LogP contribution in [0.15, 0.2) is 29.3 Å². The molecule has 28 heavy (non-hydrogen) atoms. The summed E-state index contributed by atoms with van der Waals surface area (Å²) in [5.74, 6) is 0.0243. The summed E-state index contributed by atoms with van der Waals surface area (Å²) in [5, 5.41) is 0. The van der Waals surface area contributed by atoms with Crippen LogP contribution < -0.4 is 16.4 Å². The number of hydrogen-bond donors (Lipinski definition) is 2. The number of nitrogens with two attached hydrogens (primary N) is 2. The summed E-state index contributed by atoms with van der Waals surface area (Å²) < 4.78 is 5.41. The van der Waals surface area contributed by atoms with Gasteiger partial charge in [-0.3, -0.25) is 4.79 Å². The van der Waals surface area contributed by atoms with Crippen molar-refractivity contribution in [3.05, 3.63) is 29.8 Å². The number of aliphatic imine (C=N–C) groups is 1. The molecule has 0 bridgehead atoms. The molecule has 0 aliphatic carbocycles. The normalized spacial score (nSPS) is 16.2. The smallest absolute Gasteiger partial charge is 0.435 e. The molecule has 0 aromatic heterocycles. The average Bonchev–Trinajstić information content (AvgIpc) is 2.62. The first-order valence-corrected chi connectivity index (χ1v) is 9.61. The molecule has 154 valence electrons. The minimum absolute atomic E-state index is 0.0864. The lowest BCUT2D eigenvalue weighted by atomic mass is 10.1. The molecule has 1 fully saturated rings. The number of ether oxygens (including phenoxy) is 1. The predicted octanol–water partition coefficient (Wildman–Crippen LogP) is 1.57. The van der Waals surface area contributed by atoms with E-state index in [0.717, 1.165) is 31.6 Å². The van der Waals surface area contributed by atoms with Crippen molar-refractivity contribution in [1.29, 1.82) is 0 Å². The predicted molar refractivity (Wildman–Crippen MR) is 110 cm³/mol. The zero-order valence-electron chi connectivity index (χ0n) is 16.9. The van der Waals surface area contributed by atoms with E-state index in [0.29, 0.717) is 18.0 Å². The molecule has 0 unspecified atom stereocenters. The van der Waals surface area contributed by atoms with Gasteiger partial charge in [0.15, 0.2) is 0 Å². The van der Waals surface area contributed by atoms with E-state index in [9.17, 15) is 9.59 Å². The molecule has 2 rings (SSSR count). The lowest BCUT2D eigenvalue weighted by Gasteiger charge is -2.28. The van der Waals surface area contributed by atoms with Gasteiger partial charge in [-0.25, -0.2) is 4.79 Å². The maximum atomic E-state index is 12.1. The van der Waals surface area contributed by atoms with E-state index in [-0.39, 0.29) is 18.5 Å². The second kappa shape index (κ2) is 10.1. The van der Waals surface area contributed by atoms with Crippen molar-refractivity contribution < 1.29 is 14.3 Å². The van der Waals surface area contributed by atoms with Gasteiger partial charge in [-0.15, -0.1) is 0 Å². The van der Waals surface area contributed by atoms with Crippen molar-refractivity contribution >= 4 is 23.5 Å². The number of benzene rings is 1. The van der Waals surface area contributed by atoms with Crippen molar-refractivity contribution in [1.82, 2.24) is 4.90 Å². The van der Waals surface area contributed by atoms with Gasteiger partial charge in [-0.2, -0.15) is 4.99 Å². The summed E-state index contributed by atoms with van der Waals surface area (Å²) in [6, 6.07) is 7.25. The third-order valence-electron chi connectivity index (χ3n) is 4.58. The number of nitrogens with zero attached hydrogens (tertiary/aromatic N) is 3. The van der Waals surface area contributed by atoms with Crippen LogP contribution in [0.2, 0.25) is 0 Å². The molecule has 1 aliphatic rings. The number of carbonyl (C=O) groups excluding carboxylic acids is 2. The van der Waals surface area contributed by atoms with Crippen molar-refractivity contribution in [3.63, 3.8) is 0 Å². The third-order valence-corrected chi connectivity index (χ3v) is 4.58. The molecule has 4 N–H and O–H groups in total. The summed E-state index contributed by atoms with van der Waals surface area (Å²) in [6.45, 7) is 6.69. The van der Waals surface area contributed by atoms with Gasteiger partial charge in [0.05, 0.1) is 6.54 Å². The first-order valence-electron chi connectivity index (χ1n) is 9.61. The second-order valence-corrected chi connectivity index (χ2v) is 7.67. The van der Waals surface area contributed by atoms with Crippen LogP contribution in [0.4, 0.5) is 10.5 Å². The molecule has 0 saturated carbocycles. The first-order chi connectivity index (χ1) is 13.2. The highest BCUT2D eigenvalue weighted by Crippen LogP contribution is 2.18. The minimum Gasteiger partial charge on any atom is -0.444 e. The Bertz CT molecular complexity index is 712. The SMILES string of the molecule is CC(C)CN(CC(N)=O)c1cccc(C(N)=NC(=O)OC2CCN(C)CC2)c1. The van der Waals surface area contributed by atoms with Gasteiger partial charge in [0.1, 0.15) is 11.9 Å². The molecule has 0 radical (unpaired) electrons. The average molecular weight is 390 g/mol. The van der Waals surface area contributed by atoms with Gasteiger partial charge < -0.3 is 26.0 Å². The summed E-state index contributed by atoms with van der Waals surface area (Å²) in [6.07, 6.45) is 0.798. The molecule has 1 aromatic rings. The fourth-order valence-electron chi connectivity index (χ4n) is 3.19. The molecular weight excluding hydrogens is 358 g/mol. The van der Waals surface area contributed by atoms with E-state index in [4.69, 9.17) is 16.2 Å². The summed E-state index contributed by atoms with van der Waals surface area (Å²) in [4.78, 5) is 31.5. The Kier molecular flexibility index (Phi) is 7.80. The van der Waals surface area contributed by atoms with Gasteiger partial charge in [0.2, 0.25) is 5.91 Å². The van der Waals surface area contributed by atoms with Crippen LogP contribution >= 0.6 is 0 Å². The zero-order chi connectivity index (χ0) is 20.7. The van der Waals surface area contributed by atoms with Crippen LogP contribution in [0.3, 0.4) is 0 Å². The van der Waals surface area contributed by atoms with Crippen molar-refractivity contribution in [2.75, 3.05) is 38.1 Å². The van der Waals surface area contributed by atoms with Gasteiger partial charge in [-0.1, -0.05) is 26.0 Å². The van der Waals surface area contributed by atoms with E-state index >= 15 is 0 Å². The number of amidine groups is 1. The minimum atomic E-state index is -0.673. The van der Waals surface area contributed by atoms with Crippen LogP contribution in [-0.2, 0) is 9.53 Å². The summed E-state index contributed by atoms with van der Waals surface area (Å²) in [5.41, 5.74) is 12.8. The van der Waals surface area contributed by atoms with Crippen LogP contribution in [-0.4, -0.2) is 62.1 Å². The number of piperidine rings is 1. The Hall–Kier alpha value is -2.61. The Morgan fingerprint density at radius 2 is 1.96 bits per heavy atom. The highest BCUT2D eigenvalue weighted by molar-refractivity contribution is 6.03. The summed E-state index contributed by atoms with van der Waals surface area (Å²) in [7, 11) is 2.04. The third kappa shape index (κ3) is 6.84. The van der Waals surface area contributed by atoms with Gasteiger partial charge in [-0.05, 0) is 37.9 Å². The number of likely N-dealkylation sites (tertiary alicyclic amines) is 1. The monoisotopic (exact) mass is 389 g/mol. The van der Waals surface area contributed by atoms with Gasteiger partial charge in [0.25, 0.3) is 0 Å². The lowest BCUT2D eigenvalue weighted by Crippen LogP contribution is -2.36. The lowest BCUT2D eigenvalue weighted by molar-refractivity contribution is -0.116. The fourth-order valence-corrected chi connectivity index (χ4v) is 3.19. The molecule has 1 aliphatic heterocycles. The van der Waals surface area contributed by atoms with Crippen LogP contribution in [0.1, 0.15) is 32.3 Å². The fraction of sp³-hybridized carbons (Fsp3) is 0.550. The highest BCUT2D eigenvalue weighted by Gasteiger charge is 2.20. The Morgan fingerprint density at radius 3 is 2.57 bits per heavy atom. The van der Waals surface area contributed by atoms with Gasteiger partial charge in [0, 0.05) is 30.9 Å². The maximum Gasteiger partial charge on any atom is 0.435 e. The molecule has 8 nitrogen and oxygen atoms in total.